The van der Waals surface area contributed by atoms with E-state index in [2.05, 4.69) is 4.90 Å². The average Bonchev–Trinajstić information content (AvgIpc) is 2.64. The Morgan fingerprint density at radius 2 is 1.36 bits per heavy atom. The molecule has 25 heavy (non-hydrogen) atoms. The summed E-state index contributed by atoms with van der Waals surface area (Å²) in [6.07, 6.45) is 14.8. The zero-order chi connectivity index (χ0) is 17.9. The number of carboxylic acid groups (broad SMARTS) is 1. The highest BCUT2D eigenvalue weighted by Gasteiger charge is 2.28. The van der Waals surface area contributed by atoms with Gasteiger partial charge in [-0.2, -0.15) is 0 Å². The van der Waals surface area contributed by atoms with E-state index < -0.39 is 5.97 Å². The van der Waals surface area contributed by atoms with E-state index in [0.717, 1.165) is 6.54 Å². The first-order chi connectivity index (χ1) is 12.2. The molecule has 0 radical (unpaired) electrons. The van der Waals surface area contributed by atoms with Crippen LogP contribution in [0.15, 0.2) is 0 Å². The molecule has 0 heterocycles. The third-order valence-corrected chi connectivity index (χ3v) is 5.72. The zero-order valence-electron chi connectivity index (χ0n) is 15.6. The molecule has 1 N–H and O–H groups in total. The quantitative estimate of drug-likeness (QED) is 0.472. The summed E-state index contributed by atoms with van der Waals surface area (Å²) in [7, 11) is 0. The van der Waals surface area contributed by atoms with Crippen molar-refractivity contribution in [3.05, 3.63) is 0 Å². The van der Waals surface area contributed by atoms with Crippen LogP contribution in [-0.2, 0) is 14.3 Å². The second-order valence-corrected chi connectivity index (χ2v) is 7.64. The van der Waals surface area contributed by atoms with Crippen LogP contribution in [0.1, 0.15) is 89.9 Å². The van der Waals surface area contributed by atoms with Gasteiger partial charge in [0, 0.05) is 31.5 Å². The van der Waals surface area contributed by atoms with Crippen LogP contribution in [-0.4, -0.2) is 47.2 Å². The van der Waals surface area contributed by atoms with Crippen LogP contribution in [0.5, 0.6) is 0 Å². The minimum atomic E-state index is -0.802. The zero-order valence-corrected chi connectivity index (χ0v) is 15.6. The van der Waals surface area contributed by atoms with Crippen molar-refractivity contribution in [2.45, 2.75) is 102 Å². The van der Waals surface area contributed by atoms with E-state index in [1.165, 1.54) is 64.2 Å². The second-order valence-electron chi connectivity index (χ2n) is 7.64. The summed E-state index contributed by atoms with van der Waals surface area (Å²) in [6.45, 7) is 1.33. The molecule has 0 aromatic heterocycles. The molecule has 0 spiro atoms. The Morgan fingerprint density at radius 3 is 1.88 bits per heavy atom. The SMILES string of the molecule is O=C(O)CCCCC(=O)OCCN(C1CCCCC1)C1CCCCC1. The molecule has 0 unspecified atom stereocenters. The monoisotopic (exact) mass is 353 g/mol. The largest absolute Gasteiger partial charge is 0.481 e. The molecular weight excluding hydrogens is 318 g/mol. The fraction of sp³-hybridized carbons (Fsp3) is 0.900. The Balaban J connectivity index is 1.71. The van der Waals surface area contributed by atoms with Gasteiger partial charge in [-0.05, 0) is 38.5 Å². The normalized spacial score (nSPS) is 19.9. The van der Waals surface area contributed by atoms with Crippen molar-refractivity contribution >= 4 is 11.9 Å². The van der Waals surface area contributed by atoms with Crippen molar-refractivity contribution in [2.24, 2.45) is 0 Å². The van der Waals surface area contributed by atoms with E-state index in [0.29, 0.717) is 38.0 Å². The molecule has 0 aromatic rings. The minimum absolute atomic E-state index is 0.129. The Hall–Kier alpha value is -1.10. The van der Waals surface area contributed by atoms with Gasteiger partial charge in [0.15, 0.2) is 0 Å². The summed E-state index contributed by atoms with van der Waals surface area (Å²) in [6, 6.07) is 1.34. The number of nitrogens with zero attached hydrogens (tertiary/aromatic N) is 1. The Bertz CT molecular complexity index is 383. The van der Waals surface area contributed by atoms with Crippen molar-refractivity contribution in [1.82, 2.24) is 4.90 Å². The highest BCUT2D eigenvalue weighted by atomic mass is 16.5. The summed E-state index contributed by atoms with van der Waals surface area (Å²) < 4.78 is 5.43. The number of rotatable bonds is 10. The molecule has 5 nitrogen and oxygen atoms in total. The van der Waals surface area contributed by atoms with Crippen molar-refractivity contribution in [3.8, 4) is 0 Å². The number of ether oxygens (including phenoxy) is 1. The first kappa shape index (κ1) is 20.2. The van der Waals surface area contributed by atoms with Gasteiger partial charge < -0.3 is 9.84 Å². The first-order valence-electron chi connectivity index (χ1n) is 10.3. The van der Waals surface area contributed by atoms with Crippen LogP contribution in [0.3, 0.4) is 0 Å². The molecule has 2 aliphatic rings. The van der Waals surface area contributed by atoms with E-state index in [9.17, 15) is 9.59 Å². The summed E-state index contributed by atoms with van der Waals surface area (Å²) in [5.74, 6) is -0.985. The first-order valence-corrected chi connectivity index (χ1v) is 10.3. The lowest BCUT2D eigenvalue weighted by atomic mass is 9.88. The number of aliphatic carboxylic acids is 1. The van der Waals surface area contributed by atoms with Gasteiger partial charge in [-0.3, -0.25) is 14.5 Å². The standard InChI is InChI=1S/C20H35NO4/c22-19(23)13-7-8-14-20(24)25-16-15-21(17-9-3-1-4-10-17)18-11-5-2-6-12-18/h17-18H,1-16H2,(H,22,23). The van der Waals surface area contributed by atoms with Crippen molar-refractivity contribution in [3.63, 3.8) is 0 Å². The van der Waals surface area contributed by atoms with Gasteiger partial charge in [-0.15, -0.1) is 0 Å². The summed E-state index contributed by atoms with van der Waals surface area (Å²) in [5.41, 5.74) is 0. The van der Waals surface area contributed by atoms with Gasteiger partial charge in [0.05, 0.1) is 0 Å². The Morgan fingerprint density at radius 1 is 0.840 bits per heavy atom. The number of unbranched alkanes of at least 4 members (excludes halogenated alkanes) is 1. The third kappa shape index (κ3) is 7.76. The number of hydrogen-bond donors (Lipinski definition) is 1. The summed E-state index contributed by atoms with van der Waals surface area (Å²) >= 11 is 0. The fourth-order valence-electron chi connectivity index (χ4n) is 4.37. The van der Waals surface area contributed by atoms with Gasteiger partial charge >= 0.3 is 11.9 Å². The number of esters is 1. The van der Waals surface area contributed by atoms with Crippen molar-refractivity contribution < 1.29 is 19.4 Å². The molecule has 2 fully saturated rings. The van der Waals surface area contributed by atoms with Gasteiger partial charge in [-0.25, -0.2) is 0 Å². The van der Waals surface area contributed by atoms with Crippen LogP contribution in [0.4, 0.5) is 0 Å². The maximum atomic E-state index is 11.8. The van der Waals surface area contributed by atoms with E-state index in [-0.39, 0.29) is 12.4 Å². The molecule has 0 saturated heterocycles. The molecule has 0 aliphatic heterocycles. The van der Waals surface area contributed by atoms with Gasteiger partial charge in [0.25, 0.3) is 0 Å². The lowest BCUT2D eigenvalue weighted by Gasteiger charge is -2.41. The van der Waals surface area contributed by atoms with Gasteiger partial charge in [0.2, 0.25) is 0 Å². The van der Waals surface area contributed by atoms with Crippen LogP contribution in [0, 0.1) is 0 Å². The average molecular weight is 354 g/mol. The lowest BCUT2D eigenvalue weighted by Crippen LogP contribution is -2.46. The molecule has 2 aliphatic carbocycles. The van der Waals surface area contributed by atoms with Crippen LogP contribution in [0.2, 0.25) is 0 Å². The maximum absolute atomic E-state index is 11.8. The smallest absolute Gasteiger partial charge is 0.305 e. The second kappa shape index (κ2) is 11.5. The van der Waals surface area contributed by atoms with Crippen molar-refractivity contribution in [1.29, 1.82) is 0 Å². The maximum Gasteiger partial charge on any atom is 0.305 e. The molecule has 2 rings (SSSR count). The summed E-state index contributed by atoms with van der Waals surface area (Å²) in [5, 5.41) is 8.61. The molecule has 2 saturated carbocycles. The molecule has 0 bridgehead atoms. The van der Waals surface area contributed by atoms with E-state index in [1.807, 2.05) is 0 Å². The number of carbonyl (C=O) groups excluding carboxylic acids is 1. The number of carboxylic acids is 1. The highest BCUT2D eigenvalue weighted by Crippen LogP contribution is 2.29. The molecule has 5 heteroatoms. The molecule has 0 aromatic carbocycles. The Kier molecular flexibility index (Phi) is 9.30. The van der Waals surface area contributed by atoms with Crippen LogP contribution >= 0.6 is 0 Å². The van der Waals surface area contributed by atoms with E-state index in [1.54, 1.807) is 0 Å². The van der Waals surface area contributed by atoms with Crippen LogP contribution in [0.25, 0.3) is 0 Å². The van der Waals surface area contributed by atoms with Crippen molar-refractivity contribution in [2.75, 3.05) is 13.2 Å². The lowest BCUT2D eigenvalue weighted by molar-refractivity contribution is -0.145. The fourth-order valence-corrected chi connectivity index (χ4v) is 4.37. The van der Waals surface area contributed by atoms with Crippen LogP contribution < -0.4 is 0 Å². The minimum Gasteiger partial charge on any atom is -0.481 e. The summed E-state index contributed by atoms with van der Waals surface area (Å²) in [4.78, 5) is 25.0. The van der Waals surface area contributed by atoms with Gasteiger partial charge in [-0.1, -0.05) is 38.5 Å². The highest BCUT2D eigenvalue weighted by molar-refractivity contribution is 5.69. The number of carbonyl (C=O) groups is 2. The van der Waals surface area contributed by atoms with Gasteiger partial charge in [0.1, 0.15) is 6.61 Å². The molecular formula is C20H35NO4. The number of hydrogen-bond acceptors (Lipinski definition) is 4. The third-order valence-electron chi connectivity index (χ3n) is 5.72. The molecule has 0 atom stereocenters. The predicted molar refractivity (Wildman–Crippen MR) is 97.5 cm³/mol. The Labute approximate surface area is 152 Å². The molecule has 0 amide bonds. The molecule has 144 valence electrons. The topological polar surface area (TPSA) is 66.8 Å². The predicted octanol–water partition coefficient (Wildman–Crippen LogP) is 4.14. The van der Waals surface area contributed by atoms with E-state index >= 15 is 0 Å². The van der Waals surface area contributed by atoms with E-state index in [4.69, 9.17) is 9.84 Å².